The molecule has 1 N–H and O–H groups in total. The fourth-order valence-electron chi connectivity index (χ4n) is 3.54. The Bertz CT molecular complexity index is 778. The number of nitrogens with zero attached hydrogens (tertiary/aromatic N) is 1. The molecule has 0 aromatic heterocycles. The third-order valence-corrected chi connectivity index (χ3v) is 5.24. The second-order valence-electron chi connectivity index (χ2n) is 6.86. The summed E-state index contributed by atoms with van der Waals surface area (Å²) in [5.74, 6) is -2.18. The molecular weight excluding hydrogens is 401 g/mol. The molecule has 3 amide bonds. The summed E-state index contributed by atoms with van der Waals surface area (Å²) < 4.78 is 40.8. The summed E-state index contributed by atoms with van der Waals surface area (Å²) >= 11 is 5.39. The van der Waals surface area contributed by atoms with Crippen LogP contribution in [0, 0.1) is 0 Å². The molecule has 1 saturated carbocycles. The molecule has 1 aromatic carbocycles. The average Bonchev–Trinajstić information content (AvgIpc) is 3.29. The van der Waals surface area contributed by atoms with Gasteiger partial charge in [-0.1, -0.05) is 12.1 Å². The molecule has 0 radical (unpaired) electrons. The Morgan fingerprint density at radius 3 is 2.39 bits per heavy atom. The van der Waals surface area contributed by atoms with Crippen LogP contribution in [0.5, 0.6) is 5.75 Å². The van der Waals surface area contributed by atoms with E-state index in [1.54, 1.807) is 0 Å². The van der Waals surface area contributed by atoms with Gasteiger partial charge in [-0.05, 0) is 43.4 Å². The van der Waals surface area contributed by atoms with Gasteiger partial charge in [0, 0.05) is 6.54 Å². The summed E-state index contributed by atoms with van der Waals surface area (Å²) in [6.07, 6.45) is -2.66. The van der Waals surface area contributed by atoms with E-state index in [0.717, 1.165) is 0 Å². The lowest BCUT2D eigenvalue weighted by molar-refractivity contribution is -0.274. The van der Waals surface area contributed by atoms with Gasteiger partial charge in [-0.3, -0.25) is 19.7 Å². The lowest BCUT2D eigenvalue weighted by Gasteiger charge is -2.28. The number of rotatable bonds is 5. The van der Waals surface area contributed by atoms with Crippen molar-refractivity contribution < 1.29 is 32.3 Å². The Morgan fingerprint density at radius 1 is 1.21 bits per heavy atom. The normalized spacial score (nSPS) is 20.6. The minimum atomic E-state index is -4.79. The maximum atomic E-state index is 13.1. The van der Waals surface area contributed by atoms with Crippen molar-refractivity contribution in [1.29, 1.82) is 0 Å². The predicted molar refractivity (Wildman–Crippen MR) is 92.6 cm³/mol. The van der Waals surface area contributed by atoms with E-state index in [1.807, 2.05) is 0 Å². The largest absolute Gasteiger partial charge is 0.573 e. The van der Waals surface area contributed by atoms with Gasteiger partial charge in [0.15, 0.2) is 0 Å². The van der Waals surface area contributed by atoms with Crippen LogP contribution in [0.15, 0.2) is 24.3 Å². The maximum Gasteiger partial charge on any atom is 0.573 e. The zero-order valence-electron chi connectivity index (χ0n) is 14.7. The molecule has 1 aromatic rings. The molecule has 2 fully saturated rings. The molecule has 1 atom stereocenters. The molecule has 1 aliphatic heterocycles. The molecular formula is C18H18ClF3N2O4. The minimum Gasteiger partial charge on any atom is -0.406 e. The number of halogens is 4. The summed E-state index contributed by atoms with van der Waals surface area (Å²) in [6.45, 7) is 0.378. The SMILES string of the molecule is O=C(CCl)NC(=O)[C@@H]1CCCN1C(=O)C1(c2ccc(OC(F)(F)F)cc2)CC1. The zero-order valence-corrected chi connectivity index (χ0v) is 15.5. The second-order valence-corrected chi connectivity index (χ2v) is 7.12. The van der Waals surface area contributed by atoms with Gasteiger partial charge in [-0.15, -0.1) is 24.8 Å². The quantitative estimate of drug-likeness (QED) is 0.745. The van der Waals surface area contributed by atoms with Crippen molar-refractivity contribution in [3.63, 3.8) is 0 Å². The molecule has 0 unspecified atom stereocenters. The molecule has 6 nitrogen and oxygen atoms in total. The number of amides is 3. The van der Waals surface area contributed by atoms with Crippen molar-refractivity contribution in [1.82, 2.24) is 10.2 Å². The molecule has 2 aliphatic rings. The number of hydrogen-bond acceptors (Lipinski definition) is 4. The van der Waals surface area contributed by atoms with Gasteiger partial charge in [0.05, 0.1) is 5.41 Å². The number of imide groups is 1. The van der Waals surface area contributed by atoms with Gasteiger partial charge in [0.2, 0.25) is 17.7 Å². The monoisotopic (exact) mass is 418 g/mol. The van der Waals surface area contributed by atoms with Gasteiger partial charge in [-0.2, -0.15) is 0 Å². The molecule has 152 valence electrons. The van der Waals surface area contributed by atoms with E-state index in [4.69, 9.17) is 11.6 Å². The lowest BCUT2D eigenvalue weighted by Crippen LogP contribution is -2.50. The Morgan fingerprint density at radius 2 is 1.86 bits per heavy atom. The summed E-state index contributed by atoms with van der Waals surface area (Å²) in [5.41, 5.74) is -0.272. The van der Waals surface area contributed by atoms with Crippen LogP contribution in [-0.2, 0) is 19.8 Å². The summed E-state index contributed by atoms with van der Waals surface area (Å²) in [4.78, 5) is 38.2. The van der Waals surface area contributed by atoms with Gasteiger partial charge >= 0.3 is 6.36 Å². The molecule has 28 heavy (non-hydrogen) atoms. The van der Waals surface area contributed by atoms with Gasteiger partial charge in [0.1, 0.15) is 17.7 Å². The van der Waals surface area contributed by atoms with Gasteiger partial charge in [-0.25, -0.2) is 0 Å². The van der Waals surface area contributed by atoms with E-state index in [-0.39, 0.29) is 17.5 Å². The minimum absolute atomic E-state index is 0.257. The number of likely N-dealkylation sites (tertiary alicyclic amines) is 1. The Hall–Kier alpha value is -2.29. The van der Waals surface area contributed by atoms with E-state index < -0.39 is 29.6 Å². The fraction of sp³-hybridized carbons (Fsp3) is 0.500. The Balaban J connectivity index is 1.74. The summed E-state index contributed by atoms with van der Waals surface area (Å²) in [6, 6.07) is 4.46. The van der Waals surface area contributed by atoms with Crippen LogP contribution >= 0.6 is 11.6 Å². The van der Waals surface area contributed by atoms with Crippen LogP contribution in [0.2, 0.25) is 0 Å². The number of benzene rings is 1. The molecule has 0 bridgehead atoms. The van der Waals surface area contributed by atoms with Crippen molar-refractivity contribution >= 4 is 29.3 Å². The first-order valence-electron chi connectivity index (χ1n) is 8.73. The highest BCUT2D eigenvalue weighted by atomic mass is 35.5. The van der Waals surface area contributed by atoms with E-state index in [9.17, 15) is 27.6 Å². The second kappa shape index (κ2) is 7.62. The standard InChI is InChI=1S/C18H18ClF3N2O4/c19-10-14(25)23-15(26)13-2-1-9-24(13)16(27)17(7-8-17)11-3-5-12(6-4-11)28-18(20,21)22/h3-6,13H,1-2,7-10H2,(H,23,25,26)/t13-/m0/s1. The van der Waals surface area contributed by atoms with E-state index in [2.05, 4.69) is 10.1 Å². The van der Waals surface area contributed by atoms with Crippen molar-refractivity contribution in [2.24, 2.45) is 0 Å². The van der Waals surface area contributed by atoms with E-state index >= 15 is 0 Å². The summed E-state index contributed by atoms with van der Waals surface area (Å²) in [7, 11) is 0. The summed E-state index contributed by atoms with van der Waals surface area (Å²) in [5, 5.41) is 2.17. The van der Waals surface area contributed by atoms with E-state index in [1.165, 1.54) is 29.2 Å². The maximum absolute atomic E-state index is 13.1. The van der Waals surface area contributed by atoms with Crippen LogP contribution in [0.3, 0.4) is 0 Å². The van der Waals surface area contributed by atoms with Crippen LogP contribution in [-0.4, -0.2) is 47.5 Å². The molecule has 3 rings (SSSR count). The highest BCUT2D eigenvalue weighted by molar-refractivity contribution is 6.28. The smallest absolute Gasteiger partial charge is 0.406 e. The number of alkyl halides is 4. The topological polar surface area (TPSA) is 75.7 Å². The van der Waals surface area contributed by atoms with Crippen LogP contribution in [0.1, 0.15) is 31.2 Å². The van der Waals surface area contributed by atoms with E-state index in [0.29, 0.717) is 37.8 Å². The highest BCUT2D eigenvalue weighted by Gasteiger charge is 2.55. The number of carbonyl (C=O) groups excluding carboxylic acids is 3. The van der Waals surface area contributed by atoms with Crippen LogP contribution in [0.4, 0.5) is 13.2 Å². The molecule has 1 saturated heterocycles. The van der Waals surface area contributed by atoms with Gasteiger partial charge < -0.3 is 9.64 Å². The first-order valence-corrected chi connectivity index (χ1v) is 9.27. The van der Waals surface area contributed by atoms with Crippen molar-refractivity contribution in [3.05, 3.63) is 29.8 Å². The number of ether oxygens (including phenoxy) is 1. The highest BCUT2D eigenvalue weighted by Crippen LogP contribution is 2.50. The average molecular weight is 419 g/mol. The fourth-order valence-corrected chi connectivity index (χ4v) is 3.60. The lowest BCUT2D eigenvalue weighted by atomic mass is 9.93. The molecule has 1 heterocycles. The van der Waals surface area contributed by atoms with Crippen molar-refractivity contribution in [3.8, 4) is 5.75 Å². The third-order valence-electron chi connectivity index (χ3n) is 5.00. The molecule has 1 aliphatic carbocycles. The first-order chi connectivity index (χ1) is 13.2. The molecule has 0 spiro atoms. The predicted octanol–water partition coefficient (Wildman–Crippen LogP) is 2.49. The Kier molecular flexibility index (Phi) is 5.56. The molecule has 10 heteroatoms. The van der Waals surface area contributed by atoms with Crippen molar-refractivity contribution in [2.75, 3.05) is 12.4 Å². The zero-order chi connectivity index (χ0) is 20.5. The Labute approximate surface area is 164 Å². The first kappa shape index (κ1) is 20.4. The van der Waals surface area contributed by atoms with Gasteiger partial charge in [0.25, 0.3) is 0 Å². The number of hydrogen-bond donors (Lipinski definition) is 1. The third kappa shape index (κ3) is 4.24. The number of carbonyl (C=O) groups is 3. The number of nitrogens with one attached hydrogen (secondary N) is 1. The van der Waals surface area contributed by atoms with Crippen molar-refractivity contribution in [2.45, 2.75) is 43.5 Å². The van der Waals surface area contributed by atoms with Crippen LogP contribution in [0.25, 0.3) is 0 Å². The van der Waals surface area contributed by atoms with Crippen LogP contribution < -0.4 is 10.1 Å².